The van der Waals surface area contributed by atoms with Crippen molar-refractivity contribution in [1.29, 1.82) is 0 Å². The molecule has 0 aliphatic carbocycles. The summed E-state index contributed by atoms with van der Waals surface area (Å²) in [4.78, 5) is 19.5. The lowest BCUT2D eigenvalue weighted by molar-refractivity contribution is 0.137. The number of phenols is 1. The number of hydrogen-bond donors (Lipinski definition) is 3. The van der Waals surface area contributed by atoms with Crippen molar-refractivity contribution < 1.29 is 9.90 Å². The zero-order valence-electron chi connectivity index (χ0n) is 14.2. The van der Waals surface area contributed by atoms with Crippen molar-refractivity contribution in [1.82, 2.24) is 20.1 Å². The second-order valence-corrected chi connectivity index (χ2v) is 6.79. The van der Waals surface area contributed by atoms with Gasteiger partial charge in [-0.25, -0.2) is 4.79 Å². The van der Waals surface area contributed by atoms with E-state index >= 15 is 0 Å². The average Bonchev–Trinajstić information content (AvgIpc) is 3.19. The molecule has 0 radical (unpaired) electrons. The number of aromatic amines is 1. The summed E-state index contributed by atoms with van der Waals surface area (Å²) in [5, 5.41) is 13.7. The number of aromatic nitrogens is 1. The van der Waals surface area contributed by atoms with Gasteiger partial charge in [0.15, 0.2) is 0 Å². The molecule has 0 unspecified atom stereocenters. The summed E-state index contributed by atoms with van der Waals surface area (Å²) < 4.78 is 0. The normalized spacial score (nSPS) is 19.2. The number of rotatable bonds is 4. The SMILES string of the molecule is Cl.O=C1NCCN1C1CCN(CCc2c[nH]c3ccc(O)cc23)CC1. The fourth-order valence-corrected chi connectivity index (χ4v) is 3.94. The van der Waals surface area contributed by atoms with Gasteiger partial charge in [0, 0.05) is 55.9 Å². The van der Waals surface area contributed by atoms with Crippen molar-refractivity contribution in [2.24, 2.45) is 0 Å². The number of carbonyl (C=O) groups is 1. The molecule has 6 nitrogen and oxygen atoms in total. The molecule has 0 atom stereocenters. The van der Waals surface area contributed by atoms with Crippen LogP contribution in [0.1, 0.15) is 18.4 Å². The highest BCUT2D eigenvalue weighted by atomic mass is 35.5. The maximum absolute atomic E-state index is 11.8. The zero-order chi connectivity index (χ0) is 16.5. The van der Waals surface area contributed by atoms with Crippen molar-refractivity contribution in [2.75, 3.05) is 32.7 Å². The maximum atomic E-state index is 11.8. The van der Waals surface area contributed by atoms with Gasteiger partial charge in [-0.05, 0) is 43.0 Å². The van der Waals surface area contributed by atoms with E-state index in [0.717, 1.165) is 62.9 Å². The molecule has 0 saturated carbocycles. The minimum Gasteiger partial charge on any atom is -0.508 e. The number of fused-ring (bicyclic) bond motifs is 1. The minimum atomic E-state index is 0. The van der Waals surface area contributed by atoms with Gasteiger partial charge in [0.25, 0.3) is 0 Å². The summed E-state index contributed by atoms with van der Waals surface area (Å²) in [6, 6.07) is 5.96. The van der Waals surface area contributed by atoms with Crippen LogP contribution in [-0.2, 0) is 6.42 Å². The van der Waals surface area contributed by atoms with Crippen LogP contribution in [0.25, 0.3) is 10.9 Å². The number of amides is 2. The molecule has 1 aromatic heterocycles. The first-order valence-corrected chi connectivity index (χ1v) is 8.76. The number of aromatic hydroxyl groups is 1. The lowest BCUT2D eigenvalue weighted by Crippen LogP contribution is -2.46. The highest BCUT2D eigenvalue weighted by Gasteiger charge is 2.30. The summed E-state index contributed by atoms with van der Waals surface area (Å²) in [6.07, 6.45) is 5.13. The summed E-state index contributed by atoms with van der Waals surface area (Å²) in [7, 11) is 0. The van der Waals surface area contributed by atoms with Gasteiger partial charge < -0.3 is 25.2 Å². The number of nitrogens with zero attached hydrogens (tertiary/aromatic N) is 2. The minimum absolute atomic E-state index is 0. The van der Waals surface area contributed by atoms with Crippen LogP contribution in [0.2, 0.25) is 0 Å². The second-order valence-electron chi connectivity index (χ2n) is 6.79. The molecule has 3 heterocycles. The Morgan fingerprint density at radius 3 is 2.72 bits per heavy atom. The van der Waals surface area contributed by atoms with Gasteiger partial charge >= 0.3 is 6.03 Å². The fraction of sp³-hybridized carbons (Fsp3) is 0.500. The van der Waals surface area contributed by atoms with Gasteiger partial charge in [-0.15, -0.1) is 12.4 Å². The predicted molar refractivity (Wildman–Crippen MR) is 100 cm³/mol. The van der Waals surface area contributed by atoms with Crippen molar-refractivity contribution in [3.8, 4) is 5.75 Å². The molecule has 3 N–H and O–H groups in total. The van der Waals surface area contributed by atoms with Gasteiger partial charge in [0.1, 0.15) is 5.75 Å². The Kier molecular flexibility index (Phi) is 5.39. The Bertz CT molecular complexity index is 740. The van der Waals surface area contributed by atoms with Gasteiger partial charge in [-0.3, -0.25) is 0 Å². The third-order valence-corrected chi connectivity index (χ3v) is 5.34. The van der Waals surface area contributed by atoms with Crippen LogP contribution < -0.4 is 5.32 Å². The van der Waals surface area contributed by atoms with Crippen molar-refractivity contribution in [2.45, 2.75) is 25.3 Å². The molecule has 2 fully saturated rings. The van der Waals surface area contributed by atoms with Crippen molar-refractivity contribution in [3.63, 3.8) is 0 Å². The number of nitrogens with one attached hydrogen (secondary N) is 2. The lowest BCUT2D eigenvalue weighted by Gasteiger charge is -2.36. The Morgan fingerprint density at radius 1 is 1.20 bits per heavy atom. The summed E-state index contributed by atoms with van der Waals surface area (Å²) in [5.74, 6) is 0.313. The first-order valence-electron chi connectivity index (χ1n) is 8.76. The molecule has 1 aromatic carbocycles. The fourth-order valence-electron chi connectivity index (χ4n) is 3.94. The van der Waals surface area contributed by atoms with E-state index in [1.54, 1.807) is 6.07 Å². The van der Waals surface area contributed by atoms with E-state index in [9.17, 15) is 9.90 Å². The quantitative estimate of drug-likeness (QED) is 0.779. The van der Waals surface area contributed by atoms with Crippen LogP contribution in [0.4, 0.5) is 4.79 Å². The highest BCUT2D eigenvalue weighted by molar-refractivity contribution is 5.85. The van der Waals surface area contributed by atoms with Crippen LogP contribution >= 0.6 is 12.4 Å². The van der Waals surface area contributed by atoms with Gasteiger partial charge in [-0.2, -0.15) is 0 Å². The molecule has 4 rings (SSSR count). The Labute approximate surface area is 153 Å². The largest absolute Gasteiger partial charge is 0.508 e. The maximum Gasteiger partial charge on any atom is 0.317 e. The smallest absolute Gasteiger partial charge is 0.317 e. The highest BCUT2D eigenvalue weighted by Crippen LogP contribution is 2.24. The number of piperidine rings is 1. The Morgan fingerprint density at radius 2 is 2.00 bits per heavy atom. The molecule has 2 aromatic rings. The van der Waals surface area contributed by atoms with Crippen LogP contribution in [0, 0.1) is 0 Å². The summed E-state index contributed by atoms with van der Waals surface area (Å²) >= 11 is 0. The standard InChI is InChI=1S/C18H24N4O2.ClH/c23-15-1-2-17-16(11-15)13(12-20-17)3-7-21-8-4-14(5-9-21)22-10-6-19-18(22)24;/h1-2,11-12,14,20,23H,3-10H2,(H,19,24);1H. The zero-order valence-corrected chi connectivity index (χ0v) is 15.0. The number of hydrogen-bond acceptors (Lipinski definition) is 3. The van der Waals surface area contributed by atoms with E-state index in [2.05, 4.69) is 15.2 Å². The molecule has 136 valence electrons. The van der Waals surface area contributed by atoms with E-state index in [4.69, 9.17) is 0 Å². The summed E-state index contributed by atoms with van der Waals surface area (Å²) in [6.45, 7) is 4.74. The molecule has 2 aliphatic rings. The average molecular weight is 365 g/mol. The van der Waals surface area contributed by atoms with Gasteiger partial charge in [0.05, 0.1) is 0 Å². The first kappa shape index (κ1) is 17.9. The molecule has 2 aliphatic heterocycles. The van der Waals surface area contributed by atoms with E-state index < -0.39 is 0 Å². The molecular formula is C18H25ClN4O2. The van der Waals surface area contributed by atoms with E-state index in [-0.39, 0.29) is 18.4 Å². The molecule has 2 saturated heterocycles. The number of halogens is 1. The monoisotopic (exact) mass is 364 g/mol. The lowest BCUT2D eigenvalue weighted by atomic mass is 10.0. The Balaban J connectivity index is 0.00000182. The first-order chi connectivity index (χ1) is 11.7. The number of phenolic OH excluding ortho intramolecular Hbond substituents is 1. The Hall–Kier alpha value is -1.92. The van der Waals surface area contributed by atoms with E-state index in [1.165, 1.54) is 5.56 Å². The number of benzene rings is 1. The summed E-state index contributed by atoms with van der Waals surface area (Å²) in [5.41, 5.74) is 2.32. The molecule has 0 bridgehead atoms. The number of H-pyrrole nitrogens is 1. The van der Waals surface area contributed by atoms with Gasteiger partial charge in [-0.1, -0.05) is 0 Å². The number of carbonyl (C=O) groups excluding carboxylic acids is 1. The molecule has 7 heteroatoms. The van der Waals surface area contributed by atoms with Crippen LogP contribution in [0.3, 0.4) is 0 Å². The molecule has 25 heavy (non-hydrogen) atoms. The topological polar surface area (TPSA) is 71.6 Å². The van der Waals surface area contributed by atoms with Crippen molar-refractivity contribution in [3.05, 3.63) is 30.0 Å². The molecule has 2 amide bonds. The van der Waals surface area contributed by atoms with Crippen molar-refractivity contribution >= 4 is 29.3 Å². The molecular weight excluding hydrogens is 340 g/mol. The second kappa shape index (κ2) is 7.54. The number of likely N-dealkylation sites (tertiary alicyclic amines) is 1. The third kappa shape index (κ3) is 3.70. The van der Waals surface area contributed by atoms with E-state index in [0.29, 0.717) is 11.8 Å². The third-order valence-electron chi connectivity index (χ3n) is 5.34. The van der Waals surface area contributed by atoms with Crippen LogP contribution in [0.15, 0.2) is 24.4 Å². The van der Waals surface area contributed by atoms with Crippen LogP contribution in [0.5, 0.6) is 5.75 Å². The van der Waals surface area contributed by atoms with Crippen LogP contribution in [-0.4, -0.2) is 64.7 Å². The van der Waals surface area contributed by atoms with Gasteiger partial charge in [0.2, 0.25) is 0 Å². The number of urea groups is 1. The predicted octanol–water partition coefficient (Wildman–Crippen LogP) is 2.33. The molecule has 0 spiro atoms. The van der Waals surface area contributed by atoms with E-state index in [1.807, 2.05) is 23.2 Å².